The van der Waals surface area contributed by atoms with E-state index in [1.807, 2.05) is 13.8 Å². The van der Waals surface area contributed by atoms with Crippen LogP contribution in [0, 0.1) is 6.92 Å². The average Bonchev–Trinajstić information content (AvgIpc) is 2.60. The Balaban J connectivity index is 2.07. The average molecular weight is 361 g/mol. The van der Waals surface area contributed by atoms with Crippen molar-refractivity contribution in [1.29, 1.82) is 0 Å². The van der Waals surface area contributed by atoms with Crippen molar-refractivity contribution < 1.29 is 14.3 Å². The van der Waals surface area contributed by atoms with Crippen LogP contribution in [0.3, 0.4) is 0 Å². The third kappa shape index (κ3) is 5.54. The Morgan fingerprint density at radius 3 is 2.65 bits per heavy atom. The van der Waals surface area contributed by atoms with Gasteiger partial charge >= 0.3 is 0 Å². The summed E-state index contributed by atoms with van der Waals surface area (Å²) in [5.74, 6) is -0.0693. The quantitative estimate of drug-likeness (QED) is 0.763. The summed E-state index contributed by atoms with van der Waals surface area (Å²) in [6.45, 7) is 9.10. The maximum atomic E-state index is 12.8. The summed E-state index contributed by atoms with van der Waals surface area (Å²) >= 11 is 0. The lowest BCUT2D eigenvalue weighted by atomic mass is 10.0. The van der Waals surface area contributed by atoms with E-state index in [2.05, 4.69) is 41.4 Å². The number of nitrogens with zero attached hydrogens (tertiary/aromatic N) is 2. The summed E-state index contributed by atoms with van der Waals surface area (Å²) in [4.78, 5) is 29.1. The Hall–Kier alpha value is -1.92. The Morgan fingerprint density at radius 2 is 2.04 bits per heavy atom. The molecule has 1 unspecified atom stereocenters. The van der Waals surface area contributed by atoms with Gasteiger partial charge in [0.15, 0.2) is 0 Å². The van der Waals surface area contributed by atoms with Crippen LogP contribution in [0.2, 0.25) is 0 Å². The highest BCUT2D eigenvalue weighted by atomic mass is 16.5. The van der Waals surface area contributed by atoms with E-state index >= 15 is 0 Å². The van der Waals surface area contributed by atoms with Crippen molar-refractivity contribution >= 4 is 11.8 Å². The molecule has 1 aliphatic heterocycles. The first-order valence-corrected chi connectivity index (χ1v) is 9.28. The Bertz CT molecular complexity index is 601. The van der Waals surface area contributed by atoms with Gasteiger partial charge in [-0.3, -0.25) is 14.5 Å². The predicted molar refractivity (Wildman–Crippen MR) is 102 cm³/mol. The van der Waals surface area contributed by atoms with Crippen LogP contribution in [0.15, 0.2) is 24.3 Å². The van der Waals surface area contributed by atoms with E-state index in [9.17, 15) is 9.59 Å². The minimum absolute atomic E-state index is 0.00648. The van der Waals surface area contributed by atoms with E-state index < -0.39 is 6.04 Å². The number of hydrogen-bond donors (Lipinski definition) is 1. The molecule has 0 radical (unpaired) electrons. The maximum absolute atomic E-state index is 12.8. The summed E-state index contributed by atoms with van der Waals surface area (Å²) in [6, 6.07) is 7.96. The lowest BCUT2D eigenvalue weighted by Gasteiger charge is -2.36. The van der Waals surface area contributed by atoms with E-state index in [-0.39, 0.29) is 24.3 Å². The molecule has 2 amide bonds. The van der Waals surface area contributed by atoms with Crippen molar-refractivity contribution in [2.45, 2.75) is 45.8 Å². The second-order valence-electron chi connectivity index (χ2n) is 7.14. The molecule has 2 rings (SSSR count). The molecule has 144 valence electrons. The van der Waals surface area contributed by atoms with Gasteiger partial charge in [0.1, 0.15) is 0 Å². The van der Waals surface area contributed by atoms with Crippen LogP contribution in [0.1, 0.15) is 31.4 Å². The van der Waals surface area contributed by atoms with Crippen LogP contribution < -0.4 is 5.32 Å². The van der Waals surface area contributed by atoms with Crippen molar-refractivity contribution in [3.63, 3.8) is 0 Å². The third-order valence-electron chi connectivity index (χ3n) is 4.80. The zero-order valence-electron chi connectivity index (χ0n) is 16.3. The second-order valence-corrected chi connectivity index (χ2v) is 7.14. The number of ether oxygens (including phenoxy) is 1. The van der Waals surface area contributed by atoms with Gasteiger partial charge in [0.2, 0.25) is 11.8 Å². The number of benzene rings is 1. The van der Waals surface area contributed by atoms with Crippen LogP contribution >= 0.6 is 0 Å². The topological polar surface area (TPSA) is 61.9 Å². The molecule has 6 heteroatoms. The number of carbonyl (C=O) groups excluding carboxylic acids is 2. The monoisotopic (exact) mass is 361 g/mol. The number of hydrogen-bond acceptors (Lipinski definition) is 4. The fraction of sp³-hybridized carbons (Fsp3) is 0.600. The van der Waals surface area contributed by atoms with Gasteiger partial charge in [-0.2, -0.15) is 0 Å². The van der Waals surface area contributed by atoms with E-state index in [1.54, 1.807) is 12.0 Å². The van der Waals surface area contributed by atoms with Crippen molar-refractivity contribution in [3.8, 4) is 0 Å². The summed E-state index contributed by atoms with van der Waals surface area (Å²) < 4.78 is 5.11. The lowest BCUT2D eigenvalue weighted by molar-refractivity contribution is -0.140. The maximum Gasteiger partial charge on any atom is 0.237 e. The minimum atomic E-state index is -0.429. The van der Waals surface area contributed by atoms with Gasteiger partial charge in [0, 0.05) is 39.3 Å². The van der Waals surface area contributed by atoms with Gasteiger partial charge in [0.25, 0.3) is 0 Å². The first-order chi connectivity index (χ1) is 12.4. The number of rotatable bonds is 8. The first-order valence-electron chi connectivity index (χ1n) is 9.28. The van der Waals surface area contributed by atoms with Crippen LogP contribution in [-0.4, -0.2) is 67.0 Å². The van der Waals surface area contributed by atoms with Gasteiger partial charge in [-0.05, 0) is 26.3 Å². The zero-order chi connectivity index (χ0) is 19.1. The predicted octanol–water partition coefficient (Wildman–Crippen LogP) is 1.57. The normalized spacial score (nSPS) is 18.0. The molecule has 1 aromatic carbocycles. The molecule has 0 aliphatic carbocycles. The van der Waals surface area contributed by atoms with Gasteiger partial charge < -0.3 is 15.0 Å². The van der Waals surface area contributed by atoms with Gasteiger partial charge in [-0.25, -0.2) is 0 Å². The van der Waals surface area contributed by atoms with E-state index in [0.29, 0.717) is 26.2 Å². The van der Waals surface area contributed by atoms with E-state index in [0.717, 1.165) is 12.1 Å². The van der Waals surface area contributed by atoms with Crippen molar-refractivity contribution in [2.24, 2.45) is 0 Å². The molecule has 0 spiro atoms. The Kier molecular flexibility index (Phi) is 7.60. The number of amides is 2. The van der Waals surface area contributed by atoms with E-state index in [1.165, 1.54) is 5.56 Å². The molecule has 1 heterocycles. The smallest absolute Gasteiger partial charge is 0.237 e. The van der Waals surface area contributed by atoms with Crippen LogP contribution in [0.5, 0.6) is 0 Å². The molecule has 0 bridgehead atoms. The molecule has 1 N–H and O–H groups in total. The summed E-state index contributed by atoms with van der Waals surface area (Å²) in [5, 5.41) is 2.90. The lowest BCUT2D eigenvalue weighted by Crippen LogP contribution is -2.56. The Morgan fingerprint density at radius 1 is 1.35 bits per heavy atom. The molecular formula is C20H31N3O3. The largest absolute Gasteiger partial charge is 0.383 e. The molecule has 0 aromatic heterocycles. The molecule has 26 heavy (non-hydrogen) atoms. The second kappa shape index (κ2) is 9.69. The van der Waals surface area contributed by atoms with Crippen LogP contribution in [-0.2, 0) is 20.9 Å². The molecule has 6 nitrogen and oxygen atoms in total. The zero-order valence-corrected chi connectivity index (χ0v) is 16.3. The SMILES string of the molecule is COCCN(C(=O)CC1C(=O)NCCN1Cc1ccc(C)cc1)C(C)C. The van der Waals surface area contributed by atoms with Crippen molar-refractivity contribution in [1.82, 2.24) is 15.1 Å². The number of carbonyl (C=O) groups is 2. The van der Waals surface area contributed by atoms with Crippen molar-refractivity contribution in [3.05, 3.63) is 35.4 Å². The first kappa shape index (κ1) is 20.4. The highest BCUT2D eigenvalue weighted by molar-refractivity contribution is 5.89. The number of methoxy groups -OCH3 is 1. The molecular weight excluding hydrogens is 330 g/mol. The molecule has 1 saturated heterocycles. The van der Waals surface area contributed by atoms with Crippen LogP contribution in [0.4, 0.5) is 0 Å². The summed E-state index contributed by atoms with van der Waals surface area (Å²) in [5.41, 5.74) is 2.37. The minimum Gasteiger partial charge on any atom is -0.383 e. The third-order valence-corrected chi connectivity index (χ3v) is 4.80. The highest BCUT2D eigenvalue weighted by Crippen LogP contribution is 2.16. The fourth-order valence-corrected chi connectivity index (χ4v) is 3.24. The molecule has 1 aliphatic rings. The standard InChI is InChI=1S/C20H31N3O3/c1-15(2)23(11-12-26-4)19(24)13-18-20(25)21-9-10-22(18)14-17-7-5-16(3)6-8-17/h5-8,15,18H,9-14H2,1-4H3,(H,21,25). The number of aryl methyl sites for hydroxylation is 1. The fourth-order valence-electron chi connectivity index (χ4n) is 3.24. The molecule has 0 saturated carbocycles. The molecule has 1 atom stereocenters. The highest BCUT2D eigenvalue weighted by Gasteiger charge is 2.33. The van der Waals surface area contributed by atoms with Crippen molar-refractivity contribution in [2.75, 3.05) is 33.4 Å². The summed E-state index contributed by atoms with van der Waals surface area (Å²) in [7, 11) is 1.63. The Labute approximate surface area is 156 Å². The number of nitrogens with one attached hydrogen (secondary N) is 1. The van der Waals surface area contributed by atoms with Crippen LogP contribution in [0.25, 0.3) is 0 Å². The summed E-state index contributed by atoms with van der Waals surface area (Å²) in [6.07, 6.45) is 0.194. The number of piperazine rings is 1. The van der Waals surface area contributed by atoms with Gasteiger partial charge in [0.05, 0.1) is 19.1 Å². The molecule has 1 fully saturated rings. The van der Waals surface area contributed by atoms with E-state index in [4.69, 9.17) is 4.74 Å². The van der Waals surface area contributed by atoms with Gasteiger partial charge in [-0.1, -0.05) is 29.8 Å². The molecule has 1 aromatic rings. The van der Waals surface area contributed by atoms with Gasteiger partial charge in [-0.15, -0.1) is 0 Å².